The van der Waals surface area contributed by atoms with Gasteiger partial charge in [-0.15, -0.1) is 11.3 Å². The minimum Gasteiger partial charge on any atom is -0.477 e. The Morgan fingerprint density at radius 2 is 2.00 bits per heavy atom. The molecule has 1 N–H and O–H groups in total. The van der Waals surface area contributed by atoms with E-state index in [1.807, 2.05) is 30.3 Å². The van der Waals surface area contributed by atoms with Crippen LogP contribution in [-0.2, 0) is 24.0 Å². The average Bonchev–Trinajstić information content (AvgIpc) is 2.87. The van der Waals surface area contributed by atoms with Crippen LogP contribution in [0.1, 0.15) is 25.9 Å². The van der Waals surface area contributed by atoms with Gasteiger partial charge < -0.3 is 9.84 Å². The van der Waals surface area contributed by atoms with Crippen LogP contribution in [0, 0.1) is 0 Å². The molecule has 2 rings (SSSR count). The van der Waals surface area contributed by atoms with Gasteiger partial charge in [0.1, 0.15) is 4.88 Å². The third-order valence-corrected chi connectivity index (χ3v) is 4.09. The van der Waals surface area contributed by atoms with Gasteiger partial charge in [0.2, 0.25) is 0 Å². The first-order chi connectivity index (χ1) is 9.70. The molecule has 1 aromatic carbocycles. The van der Waals surface area contributed by atoms with Gasteiger partial charge in [-0.05, 0) is 18.4 Å². The van der Waals surface area contributed by atoms with Crippen LogP contribution in [0.2, 0.25) is 0 Å². The number of aromatic nitrogens is 1. The Morgan fingerprint density at radius 3 is 2.65 bits per heavy atom. The molecule has 0 saturated carbocycles. The zero-order valence-electron chi connectivity index (χ0n) is 11.3. The summed E-state index contributed by atoms with van der Waals surface area (Å²) in [6.45, 7) is 0.560. The highest BCUT2D eigenvalue weighted by molar-refractivity contribution is 7.13. The highest BCUT2D eigenvalue weighted by Gasteiger charge is 2.16. The van der Waals surface area contributed by atoms with Gasteiger partial charge in [-0.2, -0.15) is 0 Å². The van der Waals surface area contributed by atoms with Crippen molar-refractivity contribution in [3.63, 3.8) is 0 Å². The number of aryl methyl sites for hydroxylation is 2. The highest BCUT2D eigenvalue weighted by atomic mass is 32.1. The van der Waals surface area contributed by atoms with Gasteiger partial charge in [-0.1, -0.05) is 30.3 Å². The maximum Gasteiger partial charge on any atom is 0.347 e. The normalized spacial score (nSPS) is 10.7. The number of thiazole rings is 1. The molecule has 0 spiro atoms. The lowest BCUT2D eigenvalue weighted by molar-refractivity contribution is 0.0700. The quantitative estimate of drug-likeness (QED) is 0.852. The second kappa shape index (κ2) is 7.17. The molecule has 5 heteroatoms. The third kappa shape index (κ3) is 3.88. The van der Waals surface area contributed by atoms with Gasteiger partial charge in [0, 0.05) is 13.5 Å². The predicted octanol–water partition coefficient (Wildman–Crippen LogP) is 2.82. The molecule has 0 amide bonds. The number of benzene rings is 1. The minimum atomic E-state index is -0.894. The fourth-order valence-corrected chi connectivity index (χ4v) is 2.87. The molecule has 0 unspecified atom stereocenters. The number of carboxylic acids is 1. The maximum absolute atomic E-state index is 11.3. The van der Waals surface area contributed by atoms with E-state index in [1.165, 1.54) is 16.9 Å². The monoisotopic (exact) mass is 291 g/mol. The number of nitrogens with zero attached hydrogens (tertiary/aromatic N) is 1. The number of hydrogen-bond donors (Lipinski definition) is 1. The topological polar surface area (TPSA) is 59.4 Å². The lowest BCUT2D eigenvalue weighted by Crippen LogP contribution is -2.01. The third-order valence-electron chi connectivity index (χ3n) is 2.95. The molecule has 0 aliphatic heterocycles. The summed E-state index contributed by atoms with van der Waals surface area (Å²) in [5, 5.41) is 10.1. The van der Waals surface area contributed by atoms with E-state index in [4.69, 9.17) is 4.74 Å². The lowest BCUT2D eigenvalue weighted by Gasteiger charge is -2.00. The Morgan fingerprint density at radius 1 is 1.25 bits per heavy atom. The summed E-state index contributed by atoms with van der Waals surface area (Å²) < 4.78 is 5.00. The summed E-state index contributed by atoms with van der Waals surface area (Å²) >= 11 is 1.25. The van der Waals surface area contributed by atoms with Crippen molar-refractivity contribution in [2.24, 2.45) is 0 Å². The number of methoxy groups -OCH3 is 1. The molecular formula is C15H17NO3S. The first-order valence-electron chi connectivity index (χ1n) is 6.45. The Labute approximate surface area is 122 Å². The molecule has 2 aromatic rings. The van der Waals surface area contributed by atoms with Gasteiger partial charge in [-0.25, -0.2) is 9.78 Å². The zero-order valence-corrected chi connectivity index (χ0v) is 12.2. The number of rotatable bonds is 7. The average molecular weight is 291 g/mol. The van der Waals surface area contributed by atoms with E-state index in [0.29, 0.717) is 30.0 Å². The van der Waals surface area contributed by atoms with Gasteiger partial charge in [0.25, 0.3) is 0 Å². The molecule has 0 radical (unpaired) electrons. The minimum absolute atomic E-state index is 0.354. The van der Waals surface area contributed by atoms with Crippen LogP contribution in [0.3, 0.4) is 0 Å². The largest absolute Gasteiger partial charge is 0.477 e. The van der Waals surface area contributed by atoms with Crippen molar-refractivity contribution in [3.05, 3.63) is 51.5 Å². The van der Waals surface area contributed by atoms with Crippen LogP contribution >= 0.6 is 11.3 Å². The van der Waals surface area contributed by atoms with E-state index in [9.17, 15) is 9.90 Å². The summed E-state index contributed by atoms with van der Waals surface area (Å²) in [6.07, 6.45) is 2.11. The molecule has 0 atom stereocenters. The molecule has 4 nitrogen and oxygen atoms in total. The summed E-state index contributed by atoms with van der Waals surface area (Å²) in [7, 11) is 1.63. The van der Waals surface area contributed by atoms with E-state index >= 15 is 0 Å². The van der Waals surface area contributed by atoms with Crippen LogP contribution < -0.4 is 0 Å². The molecule has 20 heavy (non-hydrogen) atoms. The van der Waals surface area contributed by atoms with Crippen molar-refractivity contribution >= 4 is 17.3 Å². The molecule has 0 aliphatic rings. The second-order valence-corrected chi connectivity index (χ2v) is 5.50. The number of ether oxygens (including phenoxy) is 1. The van der Waals surface area contributed by atoms with E-state index in [-0.39, 0.29) is 0 Å². The first-order valence-corrected chi connectivity index (χ1v) is 7.27. The summed E-state index contributed by atoms with van der Waals surface area (Å²) in [6, 6.07) is 10.0. The maximum atomic E-state index is 11.3. The van der Waals surface area contributed by atoms with Crippen molar-refractivity contribution < 1.29 is 14.6 Å². The van der Waals surface area contributed by atoms with Crippen molar-refractivity contribution in [2.75, 3.05) is 13.7 Å². The molecule has 0 bridgehead atoms. The van der Waals surface area contributed by atoms with Crippen molar-refractivity contribution in [1.82, 2.24) is 4.98 Å². The highest BCUT2D eigenvalue weighted by Crippen LogP contribution is 2.21. The van der Waals surface area contributed by atoms with E-state index in [0.717, 1.165) is 11.4 Å². The van der Waals surface area contributed by atoms with Crippen molar-refractivity contribution in [1.29, 1.82) is 0 Å². The van der Waals surface area contributed by atoms with Crippen LogP contribution in [-0.4, -0.2) is 29.8 Å². The fraction of sp³-hybridized carbons (Fsp3) is 0.333. The van der Waals surface area contributed by atoms with Crippen molar-refractivity contribution in [3.8, 4) is 0 Å². The number of aromatic carboxylic acids is 1. The SMILES string of the molecule is COCCc1nc(CCc2ccccc2)c(C(=O)O)s1. The lowest BCUT2D eigenvalue weighted by atomic mass is 10.1. The van der Waals surface area contributed by atoms with Gasteiger partial charge in [0.05, 0.1) is 17.3 Å². The first kappa shape index (κ1) is 14.7. The van der Waals surface area contributed by atoms with Crippen molar-refractivity contribution in [2.45, 2.75) is 19.3 Å². The van der Waals surface area contributed by atoms with Crippen LogP contribution in [0.4, 0.5) is 0 Å². The Kier molecular flexibility index (Phi) is 5.26. The van der Waals surface area contributed by atoms with E-state index < -0.39 is 5.97 Å². The molecule has 106 valence electrons. The number of carbonyl (C=O) groups is 1. The van der Waals surface area contributed by atoms with Crippen LogP contribution in [0.15, 0.2) is 30.3 Å². The predicted molar refractivity (Wildman–Crippen MR) is 78.5 cm³/mol. The second-order valence-electron chi connectivity index (χ2n) is 4.42. The molecule has 1 aromatic heterocycles. The van der Waals surface area contributed by atoms with Gasteiger partial charge >= 0.3 is 5.97 Å². The molecule has 0 saturated heterocycles. The Bertz CT molecular complexity index is 566. The molecular weight excluding hydrogens is 274 g/mol. The molecule has 1 heterocycles. The number of hydrogen-bond acceptors (Lipinski definition) is 4. The molecule has 0 fully saturated rings. The zero-order chi connectivity index (χ0) is 14.4. The smallest absolute Gasteiger partial charge is 0.347 e. The van der Waals surface area contributed by atoms with Crippen LogP contribution in [0.25, 0.3) is 0 Å². The van der Waals surface area contributed by atoms with Gasteiger partial charge in [0.15, 0.2) is 0 Å². The standard InChI is InChI=1S/C15H17NO3S/c1-19-10-9-13-16-12(14(20-13)15(17)18)8-7-11-5-3-2-4-6-11/h2-6H,7-10H2,1H3,(H,17,18). The van der Waals surface area contributed by atoms with Gasteiger partial charge in [-0.3, -0.25) is 0 Å². The van der Waals surface area contributed by atoms with E-state index in [2.05, 4.69) is 4.98 Å². The Balaban J connectivity index is 2.09. The number of carboxylic acid groups (broad SMARTS) is 1. The molecule has 0 aliphatic carbocycles. The van der Waals surface area contributed by atoms with Crippen LogP contribution in [0.5, 0.6) is 0 Å². The van der Waals surface area contributed by atoms with E-state index in [1.54, 1.807) is 7.11 Å². The fourth-order valence-electron chi connectivity index (χ4n) is 1.94. The Hall–Kier alpha value is -1.72. The summed E-state index contributed by atoms with van der Waals surface area (Å²) in [4.78, 5) is 16.1. The summed E-state index contributed by atoms with van der Waals surface area (Å²) in [5.74, 6) is -0.894. The summed E-state index contributed by atoms with van der Waals surface area (Å²) in [5.41, 5.74) is 1.87.